The van der Waals surface area contributed by atoms with Crippen molar-refractivity contribution in [2.75, 3.05) is 13.7 Å². The molecule has 0 spiro atoms. The van der Waals surface area contributed by atoms with Gasteiger partial charge in [0.05, 0.1) is 19.4 Å². The Labute approximate surface area is 103 Å². The normalized spacial score (nSPS) is 23.2. The number of rotatable bonds is 2. The quantitative estimate of drug-likeness (QED) is 0.730. The van der Waals surface area contributed by atoms with E-state index >= 15 is 0 Å². The second-order valence-electron chi connectivity index (χ2n) is 4.22. The van der Waals surface area contributed by atoms with Crippen LogP contribution in [0.25, 0.3) is 0 Å². The second-order valence-corrected chi connectivity index (χ2v) is 4.22. The first-order valence-corrected chi connectivity index (χ1v) is 5.52. The van der Waals surface area contributed by atoms with Crippen molar-refractivity contribution in [1.29, 1.82) is 0 Å². The number of methoxy groups -OCH3 is 1. The van der Waals surface area contributed by atoms with E-state index in [0.29, 0.717) is 5.56 Å². The van der Waals surface area contributed by atoms with Crippen molar-refractivity contribution < 1.29 is 24.0 Å². The lowest BCUT2D eigenvalue weighted by Crippen LogP contribution is -2.41. The third kappa shape index (κ3) is 2.08. The Morgan fingerprint density at radius 3 is 2.89 bits per heavy atom. The number of amides is 1. The van der Waals surface area contributed by atoms with Crippen molar-refractivity contribution in [3.05, 3.63) is 17.5 Å². The maximum atomic E-state index is 12.2. The van der Waals surface area contributed by atoms with E-state index in [-0.39, 0.29) is 18.7 Å². The van der Waals surface area contributed by atoms with Crippen LogP contribution in [0, 0.1) is 6.92 Å². The highest BCUT2D eigenvalue weighted by Gasteiger charge is 2.41. The predicted molar refractivity (Wildman–Crippen MR) is 58.7 cm³/mol. The fourth-order valence-electron chi connectivity index (χ4n) is 2.02. The van der Waals surface area contributed by atoms with Crippen molar-refractivity contribution >= 4 is 11.9 Å². The summed E-state index contributed by atoms with van der Waals surface area (Å²) in [4.78, 5) is 25.0. The average Bonchev–Trinajstić information content (AvgIpc) is 2.93. The molecule has 0 bridgehead atoms. The summed E-state index contributed by atoms with van der Waals surface area (Å²) in [6.07, 6.45) is 0.861. The van der Waals surface area contributed by atoms with Crippen molar-refractivity contribution in [2.24, 2.45) is 0 Å². The fourth-order valence-corrected chi connectivity index (χ4v) is 2.02. The molecule has 0 aromatic carbocycles. The zero-order valence-corrected chi connectivity index (χ0v) is 10.1. The standard InChI is InChI=1S/C11H14N2O5/c1-6-4-12-18-9(6)10(15)13-5-7(14)3-8(13)11(16)17-2/h4,7-8,14H,3,5H2,1-2H3. The number of aromatic nitrogens is 1. The van der Waals surface area contributed by atoms with E-state index in [2.05, 4.69) is 9.89 Å². The number of aryl methyl sites for hydroxylation is 1. The summed E-state index contributed by atoms with van der Waals surface area (Å²) < 4.78 is 9.48. The highest BCUT2D eigenvalue weighted by Crippen LogP contribution is 2.22. The van der Waals surface area contributed by atoms with Crippen LogP contribution in [0.2, 0.25) is 0 Å². The molecule has 0 radical (unpaired) electrons. The first-order chi connectivity index (χ1) is 8.54. The van der Waals surface area contributed by atoms with E-state index in [9.17, 15) is 14.7 Å². The number of likely N-dealkylation sites (tertiary alicyclic amines) is 1. The molecule has 1 aliphatic rings. The monoisotopic (exact) mass is 254 g/mol. The Balaban J connectivity index is 2.23. The molecule has 7 nitrogen and oxygen atoms in total. The minimum absolute atomic E-state index is 0.0815. The molecule has 2 rings (SSSR count). The van der Waals surface area contributed by atoms with Crippen LogP contribution in [0.3, 0.4) is 0 Å². The predicted octanol–water partition coefficient (Wildman–Crippen LogP) is -0.269. The summed E-state index contributed by atoms with van der Waals surface area (Å²) in [6.45, 7) is 1.77. The van der Waals surface area contributed by atoms with Gasteiger partial charge in [0.15, 0.2) is 0 Å². The third-order valence-corrected chi connectivity index (χ3v) is 2.96. The van der Waals surface area contributed by atoms with E-state index in [1.165, 1.54) is 18.2 Å². The molecule has 7 heteroatoms. The van der Waals surface area contributed by atoms with Crippen LogP contribution in [-0.4, -0.2) is 52.8 Å². The number of hydrogen-bond acceptors (Lipinski definition) is 6. The molecule has 1 aromatic heterocycles. The molecular formula is C11H14N2O5. The number of aliphatic hydroxyl groups excluding tert-OH is 1. The number of esters is 1. The van der Waals surface area contributed by atoms with E-state index < -0.39 is 24.0 Å². The molecule has 1 fully saturated rings. The molecule has 1 aliphatic heterocycles. The Kier molecular flexibility index (Phi) is 3.33. The smallest absolute Gasteiger partial charge is 0.328 e. The average molecular weight is 254 g/mol. The molecule has 18 heavy (non-hydrogen) atoms. The third-order valence-electron chi connectivity index (χ3n) is 2.96. The summed E-state index contributed by atoms with van der Waals surface area (Å²) in [5.74, 6) is -0.924. The lowest BCUT2D eigenvalue weighted by Gasteiger charge is -2.21. The minimum atomic E-state index is -0.776. The topological polar surface area (TPSA) is 92.9 Å². The fraction of sp³-hybridized carbons (Fsp3) is 0.545. The van der Waals surface area contributed by atoms with Gasteiger partial charge in [0.2, 0.25) is 5.76 Å². The van der Waals surface area contributed by atoms with Gasteiger partial charge in [0, 0.05) is 18.5 Å². The number of carbonyl (C=O) groups excluding carboxylic acids is 2. The van der Waals surface area contributed by atoms with E-state index in [1.807, 2.05) is 0 Å². The minimum Gasteiger partial charge on any atom is -0.467 e. The van der Waals surface area contributed by atoms with Gasteiger partial charge >= 0.3 is 5.97 Å². The first kappa shape index (κ1) is 12.6. The lowest BCUT2D eigenvalue weighted by molar-refractivity contribution is -0.145. The van der Waals surface area contributed by atoms with Crippen LogP contribution in [-0.2, 0) is 9.53 Å². The van der Waals surface area contributed by atoms with Crippen molar-refractivity contribution in [3.8, 4) is 0 Å². The maximum absolute atomic E-state index is 12.2. The van der Waals surface area contributed by atoms with Gasteiger partial charge in [-0.15, -0.1) is 0 Å². The molecule has 1 aromatic rings. The van der Waals surface area contributed by atoms with Crippen LogP contribution < -0.4 is 0 Å². The highest BCUT2D eigenvalue weighted by molar-refractivity contribution is 5.96. The second kappa shape index (κ2) is 4.77. The summed E-state index contributed by atoms with van der Waals surface area (Å²) in [5.41, 5.74) is 0.588. The summed E-state index contributed by atoms with van der Waals surface area (Å²) in [5, 5.41) is 13.1. The number of nitrogens with zero attached hydrogens (tertiary/aromatic N) is 2. The zero-order chi connectivity index (χ0) is 13.3. The van der Waals surface area contributed by atoms with E-state index in [1.54, 1.807) is 6.92 Å². The number of aliphatic hydroxyl groups is 1. The Morgan fingerprint density at radius 1 is 1.61 bits per heavy atom. The van der Waals surface area contributed by atoms with Crippen molar-refractivity contribution in [1.82, 2.24) is 10.1 Å². The van der Waals surface area contributed by atoms with Crippen LogP contribution in [0.15, 0.2) is 10.7 Å². The van der Waals surface area contributed by atoms with Gasteiger partial charge in [-0.05, 0) is 6.92 Å². The Hall–Kier alpha value is -1.89. The molecule has 0 aliphatic carbocycles. The van der Waals surface area contributed by atoms with Gasteiger partial charge in [-0.2, -0.15) is 0 Å². The number of β-amino-alcohol motifs (C(OH)–C–C–N with tert-alkyl or cyclic N) is 1. The molecular weight excluding hydrogens is 240 g/mol. The van der Waals surface area contributed by atoms with Crippen LogP contribution in [0.1, 0.15) is 22.5 Å². The van der Waals surface area contributed by atoms with Crippen LogP contribution in [0.4, 0.5) is 0 Å². The van der Waals surface area contributed by atoms with Crippen molar-refractivity contribution in [3.63, 3.8) is 0 Å². The number of hydrogen-bond donors (Lipinski definition) is 1. The molecule has 1 N–H and O–H groups in total. The number of ether oxygens (including phenoxy) is 1. The highest BCUT2D eigenvalue weighted by atomic mass is 16.5. The summed E-state index contributed by atoms with van der Waals surface area (Å²) in [7, 11) is 1.25. The molecule has 1 amide bonds. The Morgan fingerprint density at radius 2 is 2.33 bits per heavy atom. The van der Waals surface area contributed by atoms with Gasteiger partial charge in [-0.1, -0.05) is 5.16 Å². The largest absolute Gasteiger partial charge is 0.467 e. The molecule has 2 atom stereocenters. The van der Waals surface area contributed by atoms with Gasteiger partial charge < -0.3 is 19.3 Å². The molecule has 98 valence electrons. The first-order valence-electron chi connectivity index (χ1n) is 5.52. The van der Waals surface area contributed by atoms with Crippen LogP contribution >= 0.6 is 0 Å². The zero-order valence-electron chi connectivity index (χ0n) is 10.1. The molecule has 0 saturated carbocycles. The van der Waals surface area contributed by atoms with Gasteiger partial charge in [-0.3, -0.25) is 4.79 Å². The van der Waals surface area contributed by atoms with E-state index in [4.69, 9.17) is 4.52 Å². The lowest BCUT2D eigenvalue weighted by atomic mass is 10.2. The summed E-state index contributed by atoms with van der Waals surface area (Å²) >= 11 is 0. The van der Waals surface area contributed by atoms with Crippen molar-refractivity contribution in [2.45, 2.75) is 25.5 Å². The maximum Gasteiger partial charge on any atom is 0.328 e. The Bertz CT molecular complexity index is 470. The van der Waals surface area contributed by atoms with Crippen LogP contribution in [0.5, 0.6) is 0 Å². The van der Waals surface area contributed by atoms with Gasteiger partial charge in [-0.25, -0.2) is 4.79 Å². The van der Waals surface area contributed by atoms with Gasteiger partial charge in [0.25, 0.3) is 5.91 Å². The number of carbonyl (C=O) groups is 2. The molecule has 1 saturated heterocycles. The SMILES string of the molecule is COC(=O)C1CC(O)CN1C(=O)c1oncc1C. The van der Waals surface area contributed by atoms with E-state index in [0.717, 1.165) is 0 Å². The molecule has 2 unspecified atom stereocenters. The molecule has 2 heterocycles. The summed E-state index contributed by atoms with van der Waals surface area (Å²) in [6, 6.07) is -0.776. The van der Waals surface area contributed by atoms with Gasteiger partial charge in [0.1, 0.15) is 6.04 Å².